The smallest absolute Gasteiger partial charge is 0.223 e. The molecule has 1 aromatic carbocycles. The lowest BCUT2D eigenvalue weighted by Gasteiger charge is -2.27. The number of fused-ring (bicyclic) bond motifs is 1. The summed E-state index contributed by atoms with van der Waals surface area (Å²) in [5.74, 6) is 1.73. The van der Waals surface area contributed by atoms with E-state index in [1.807, 2.05) is 35.6 Å². The van der Waals surface area contributed by atoms with Crippen molar-refractivity contribution < 1.29 is 14.3 Å². The Hall–Kier alpha value is -3.01. The molecule has 1 saturated heterocycles. The molecule has 3 heterocycles. The highest BCUT2D eigenvalue weighted by atomic mass is 16.6. The first-order chi connectivity index (χ1) is 14.6. The number of aryl methyl sites for hydroxylation is 2. The van der Waals surface area contributed by atoms with Gasteiger partial charge in [0, 0.05) is 18.7 Å². The summed E-state index contributed by atoms with van der Waals surface area (Å²) in [5, 5.41) is 13.4. The number of benzene rings is 1. The number of ether oxygens (including phenoxy) is 2. The molecule has 1 atom stereocenters. The van der Waals surface area contributed by atoms with Crippen molar-refractivity contribution in [2.75, 3.05) is 19.8 Å². The van der Waals surface area contributed by atoms with Crippen LogP contribution in [-0.4, -0.2) is 40.3 Å². The van der Waals surface area contributed by atoms with Gasteiger partial charge < -0.3 is 14.4 Å². The summed E-state index contributed by atoms with van der Waals surface area (Å²) < 4.78 is 13.2. The second-order valence-corrected chi connectivity index (χ2v) is 7.93. The fourth-order valence-electron chi connectivity index (χ4n) is 4.52. The van der Waals surface area contributed by atoms with Crippen molar-refractivity contribution in [3.63, 3.8) is 0 Å². The Morgan fingerprint density at radius 1 is 1.27 bits per heavy atom. The summed E-state index contributed by atoms with van der Waals surface area (Å²) in [6, 6.07) is 8.28. The van der Waals surface area contributed by atoms with E-state index >= 15 is 0 Å². The Bertz CT molecular complexity index is 976. The second-order valence-electron chi connectivity index (χ2n) is 7.93. The maximum absolute atomic E-state index is 13.1. The first-order valence-corrected chi connectivity index (χ1v) is 10.7. The van der Waals surface area contributed by atoms with E-state index in [4.69, 9.17) is 14.7 Å². The minimum Gasteiger partial charge on any atom is -0.486 e. The average molecular weight is 409 g/mol. The Labute approximate surface area is 177 Å². The highest BCUT2D eigenvalue weighted by molar-refractivity contribution is 5.77. The zero-order chi connectivity index (χ0) is 21.1. The fraction of sp³-hybridized carbons (Fsp3) is 0.522. The van der Waals surface area contributed by atoms with Gasteiger partial charge in [-0.1, -0.05) is 6.07 Å². The molecular formula is C23H28N4O3. The molecule has 1 aromatic heterocycles. The monoisotopic (exact) mass is 408 g/mol. The Kier molecular flexibility index (Phi) is 5.93. The number of hydrogen-bond acceptors (Lipinski definition) is 5. The van der Waals surface area contributed by atoms with Gasteiger partial charge in [0.25, 0.3) is 0 Å². The zero-order valence-corrected chi connectivity index (χ0v) is 17.7. The fourth-order valence-corrected chi connectivity index (χ4v) is 4.52. The molecule has 0 bridgehead atoms. The molecule has 0 radical (unpaired) electrons. The summed E-state index contributed by atoms with van der Waals surface area (Å²) in [5.41, 5.74) is 4.24. The molecule has 1 unspecified atom stereocenters. The van der Waals surface area contributed by atoms with E-state index in [2.05, 4.69) is 17.2 Å². The topological polar surface area (TPSA) is 80.4 Å². The minimum absolute atomic E-state index is 0.0915. The van der Waals surface area contributed by atoms with Crippen LogP contribution in [0.25, 0.3) is 0 Å². The molecule has 1 fully saturated rings. The number of carbonyl (C=O) groups is 1. The van der Waals surface area contributed by atoms with Gasteiger partial charge in [0.15, 0.2) is 11.5 Å². The number of nitrogens with zero attached hydrogens (tertiary/aromatic N) is 4. The molecule has 0 aliphatic carbocycles. The standard InChI is InChI=1S/C23H28N4O3/c1-16-19(17(2)27(25-16)12-4-10-24)7-9-23(28)26-11-3-5-20(26)18-6-8-21-22(15-18)30-14-13-29-21/h6,8,15,20H,3-5,7,9,11-14H2,1-2H3. The summed E-state index contributed by atoms with van der Waals surface area (Å²) in [6.45, 7) is 6.51. The van der Waals surface area contributed by atoms with E-state index in [1.165, 1.54) is 0 Å². The van der Waals surface area contributed by atoms with Crippen molar-refractivity contribution in [2.24, 2.45) is 0 Å². The first-order valence-electron chi connectivity index (χ1n) is 10.7. The lowest BCUT2D eigenvalue weighted by atomic mass is 10.0. The second kappa shape index (κ2) is 8.78. The van der Waals surface area contributed by atoms with Gasteiger partial charge in [-0.05, 0) is 56.4 Å². The Morgan fingerprint density at radius 2 is 2.07 bits per heavy atom. The van der Waals surface area contributed by atoms with Crippen LogP contribution in [0.4, 0.5) is 0 Å². The molecule has 1 amide bonds. The van der Waals surface area contributed by atoms with Gasteiger partial charge >= 0.3 is 0 Å². The van der Waals surface area contributed by atoms with Crippen LogP contribution in [0, 0.1) is 25.2 Å². The third kappa shape index (κ3) is 4.00. The molecular weight excluding hydrogens is 380 g/mol. The van der Waals surface area contributed by atoms with E-state index in [0.29, 0.717) is 39.0 Å². The summed E-state index contributed by atoms with van der Waals surface area (Å²) >= 11 is 0. The van der Waals surface area contributed by atoms with Crippen LogP contribution in [0.1, 0.15) is 54.2 Å². The normalized spacial score (nSPS) is 17.8. The van der Waals surface area contributed by atoms with Crippen molar-refractivity contribution in [1.29, 1.82) is 5.26 Å². The van der Waals surface area contributed by atoms with Crippen LogP contribution in [0.15, 0.2) is 18.2 Å². The molecule has 2 aliphatic heterocycles. The first kappa shape index (κ1) is 20.3. The summed E-state index contributed by atoms with van der Waals surface area (Å²) in [4.78, 5) is 15.1. The molecule has 7 nitrogen and oxygen atoms in total. The van der Waals surface area contributed by atoms with Crippen LogP contribution in [0.3, 0.4) is 0 Å². The van der Waals surface area contributed by atoms with Gasteiger partial charge in [-0.15, -0.1) is 0 Å². The molecule has 2 aliphatic rings. The Balaban J connectivity index is 1.43. The van der Waals surface area contributed by atoms with Crippen molar-refractivity contribution in [2.45, 2.75) is 58.5 Å². The van der Waals surface area contributed by atoms with Crippen molar-refractivity contribution in [3.8, 4) is 17.6 Å². The van der Waals surface area contributed by atoms with Crippen LogP contribution in [0.5, 0.6) is 11.5 Å². The van der Waals surface area contributed by atoms with Crippen molar-refractivity contribution in [1.82, 2.24) is 14.7 Å². The molecule has 30 heavy (non-hydrogen) atoms. The van der Waals surface area contributed by atoms with Gasteiger partial charge in [-0.2, -0.15) is 10.4 Å². The summed E-state index contributed by atoms with van der Waals surface area (Å²) in [7, 11) is 0. The quantitative estimate of drug-likeness (QED) is 0.731. The third-order valence-corrected chi connectivity index (χ3v) is 6.08. The molecule has 7 heteroatoms. The SMILES string of the molecule is Cc1nn(CCC#N)c(C)c1CCC(=O)N1CCCC1c1ccc2c(c1)OCCO2. The molecule has 2 aromatic rings. The number of aromatic nitrogens is 2. The van der Waals surface area contributed by atoms with Crippen molar-refractivity contribution in [3.05, 3.63) is 40.7 Å². The molecule has 0 saturated carbocycles. The predicted molar refractivity (Wildman–Crippen MR) is 111 cm³/mol. The zero-order valence-electron chi connectivity index (χ0n) is 17.7. The van der Waals surface area contributed by atoms with Gasteiger partial charge in [0.05, 0.1) is 30.8 Å². The molecule has 4 rings (SSSR count). The van der Waals surface area contributed by atoms with E-state index in [-0.39, 0.29) is 11.9 Å². The van der Waals surface area contributed by atoms with Crippen LogP contribution in [0.2, 0.25) is 0 Å². The predicted octanol–water partition coefficient (Wildman–Crippen LogP) is 3.48. The highest BCUT2D eigenvalue weighted by Crippen LogP contribution is 2.38. The molecule has 0 spiro atoms. The lowest BCUT2D eigenvalue weighted by Crippen LogP contribution is -2.31. The maximum atomic E-state index is 13.1. The van der Waals surface area contributed by atoms with Gasteiger partial charge in [0.1, 0.15) is 13.2 Å². The van der Waals surface area contributed by atoms with Gasteiger partial charge in [-0.3, -0.25) is 9.48 Å². The van der Waals surface area contributed by atoms with E-state index in [9.17, 15) is 4.79 Å². The Morgan fingerprint density at radius 3 is 2.87 bits per heavy atom. The number of carbonyl (C=O) groups excluding carboxylic acids is 1. The van der Waals surface area contributed by atoms with Gasteiger partial charge in [0.2, 0.25) is 5.91 Å². The van der Waals surface area contributed by atoms with Crippen molar-refractivity contribution >= 4 is 5.91 Å². The highest BCUT2D eigenvalue weighted by Gasteiger charge is 2.31. The van der Waals surface area contributed by atoms with Crippen LogP contribution < -0.4 is 9.47 Å². The van der Waals surface area contributed by atoms with Gasteiger partial charge in [-0.25, -0.2) is 0 Å². The number of rotatable bonds is 6. The third-order valence-electron chi connectivity index (χ3n) is 6.08. The van der Waals surface area contributed by atoms with Crippen LogP contribution >= 0.6 is 0 Å². The number of likely N-dealkylation sites (tertiary alicyclic amines) is 1. The summed E-state index contributed by atoms with van der Waals surface area (Å²) in [6.07, 6.45) is 3.55. The van der Waals surface area contributed by atoms with Crippen LogP contribution in [-0.2, 0) is 17.8 Å². The lowest BCUT2D eigenvalue weighted by molar-refractivity contribution is -0.132. The van der Waals surface area contributed by atoms with E-state index < -0.39 is 0 Å². The number of nitriles is 1. The maximum Gasteiger partial charge on any atom is 0.223 e. The minimum atomic E-state index is 0.0915. The molecule has 0 N–H and O–H groups in total. The molecule has 158 valence electrons. The average Bonchev–Trinajstić information content (AvgIpc) is 3.35. The van der Waals surface area contributed by atoms with E-state index in [0.717, 1.165) is 53.4 Å². The number of hydrogen-bond donors (Lipinski definition) is 0. The van der Waals surface area contributed by atoms with E-state index in [1.54, 1.807) is 0 Å². The number of amides is 1. The largest absolute Gasteiger partial charge is 0.486 e.